The first-order chi connectivity index (χ1) is 47.3. The second-order valence-electron chi connectivity index (χ2n) is 28.4. The van der Waals surface area contributed by atoms with Gasteiger partial charge in [-0.15, -0.1) is 11.3 Å². The fourth-order valence-corrected chi connectivity index (χ4v) is 17.9. The van der Waals surface area contributed by atoms with Crippen molar-refractivity contribution in [3.05, 3.63) is 321 Å². The largest absolute Gasteiger partial charge is 0.310 e. The van der Waals surface area contributed by atoms with E-state index in [1.54, 1.807) is 0 Å². The van der Waals surface area contributed by atoms with Gasteiger partial charge in [-0.05, 0) is 172 Å². The topological polar surface area (TPSA) is 8.17 Å². The first kappa shape index (κ1) is 58.9. The summed E-state index contributed by atoms with van der Waals surface area (Å²) in [5.41, 5.74) is 30.3. The van der Waals surface area contributed by atoms with Gasteiger partial charge in [-0.2, -0.15) is 0 Å². The molecule has 0 amide bonds. The van der Waals surface area contributed by atoms with Crippen molar-refractivity contribution < 1.29 is 0 Å². The molecule has 0 saturated heterocycles. The van der Waals surface area contributed by atoms with Gasteiger partial charge in [0.05, 0.1) is 16.7 Å². The lowest BCUT2D eigenvalue weighted by molar-refractivity contribution is 0.590. The minimum Gasteiger partial charge on any atom is -0.310 e. The Labute approximate surface area is 576 Å². The zero-order chi connectivity index (χ0) is 65.3. The Kier molecular flexibility index (Phi) is 14.0. The predicted molar refractivity (Wildman–Crippen MR) is 419 cm³/mol. The van der Waals surface area contributed by atoms with Crippen LogP contribution in [-0.2, 0) is 10.8 Å². The van der Waals surface area contributed by atoms with Crippen molar-refractivity contribution in [2.75, 3.05) is 4.90 Å². The minimum absolute atomic E-state index is 0.00211. The summed E-state index contributed by atoms with van der Waals surface area (Å²) in [6, 6.07) is 117. The molecule has 16 aromatic rings. The SMILES string of the molecule is CC(C)(C)c1ccc2c(c1)c1cc(C(C)(C)C)ccc1n2-c1ccc2sc3ccc4c(c3c2c1)Sc1cc(-c2ccccc2)cc2c1B4c1cc(-c3cccc(-c4ccccc4)c3)ccc1N2c1c(-c2ccc(-c3ccccc3)cc2)cccc1-c1ccc(-c2ccccc2)cc1. The maximum absolute atomic E-state index is 2.67. The summed E-state index contributed by atoms with van der Waals surface area (Å²) in [5.74, 6) is 0. The predicted octanol–water partition coefficient (Wildman–Crippen LogP) is 24.2. The van der Waals surface area contributed by atoms with E-state index >= 15 is 0 Å². The second-order valence-corrected chi connectivity index (χ2v) is 30.5. The molecule has 18 rings (SSSR count). The number of rotatable bonds is 9. The third-order valence-corrected chi connectivity index (χ3v) is 22.7. The van der Waals surface area contributed by atoms with Crippen molar-refractivity contribution in [2.45, 2.75) is 62.2 Å². The molecule has 14 aromatic carbocycles. The molecule has 0 saturated carbocycles. The summed E-state index contributed by atoms with van der Waals surface area (Å²) in [5, 5.41) is 5.21. The van der Waals surface area contributed by atoms with Gasteiger partial charge in [-0.1, -0.05) is 295 Å². The number of aromatic nitrogens is 1. The van der Waals surface area contributed by atoms with E-state index in [2.05, 4.69) is 360 Å². The molecule has 2 aliphatic heterocycles. The summed E-state index contributed by atoms with van der Waals surface area (Å²) in [4.78, 5) is 5.27. The highest BCUT2D eigenvalue weighted by molar-refractivity contribution is 8.00. The number of nitrogens with zero attached hydrogens (tertiary/aromatic N) is 2. The van der Waals surface area contributed by atoms with Crippen LogP contribution in [0.1, 0.15) is 52.7 Å². The normalized spacial score (nSPS) is 12.8. The van der Waals surface area contributed by atoms with Crippen molar-refractivity contribution >= 4 is 105 Å². The monoisotopic (exact) mass is 1280 g/mol. The van der Waals surface area contributed by atoms with Crippen LogP contribution < -0.4 is 21.3 Å². The van der Waals surface area contributed by atoms with E-state index in [4.69, 9.17) is 0 Å². The number of anilines is 3. The molecule has 0 unspecified atom stereocenters. The van der Waals surface area contributed by atoms with E-state index < -0.39 is 0 Å². The lowest BCUT2D eigenvalue weighted by Crippen LogP contribution is -2.60. The van der Waals surface area contributed by atoms with Crippen molar-refractivity contribution in [2.24, 2.45) is 0 Å². The molecular formula is C92H69BN2S2. The Hall–Kier alpha value is -10.7. The van der Waals surface area contributed by atoms with E-state index in [9.17, 15) is 0 Å². The molecule has 0 atom stereocenters. The number of para-hydroxylation sites is 1. The summed E-state index contributed by atoms with van der Waals surface area (Å²) in [6.45, 7) is 13.8. The first-order valence-electron chi connectivity index (χ1n) is 33.9. The Morgan fingerprint density at radius 2 is 0.784 bits per heavy atom. The van der Waals surface area contributed by atoms with Crippen LogP contribution in [0.4, 0.5) is 17.1 Å². The summed E-state index contributed by atoms with van der Waals surface area (Å²) in [6.07, 6.45) is 0. The average molecular weight is 1280 g/mol. The Morgan fingerprint density at radius 3 is 1.34 bits per heavy atom. The molecular weight excluding hydrogens is 1210 g/mol. The molecule has 5 heteroatoms. The maximum atomic E-state index is 2.67. The summed E-state index contributed by atoms with van der Waals surface area (Å²) >= 11 is 3.88. The Morgan fingerprint density at radius 1 is 0.320 bits per heavy atom. The zero-order valence-corrected chi connectivity index (χ0v) is 56.9. The number of thiophene rings is 1. The van der Waals surface area contributed by atoms with Gasteiger partial charge in [0.1, 0.15) is 0 Å². The zero-order valence-electron chi connectivity index (χ0n) is 55.2. The fraction of sp³-hybridized carbons (Fsp3) is 0.0870. The highest BCUT2D eigenvalue weighted by atomic mass is 32.2. The van der Waals surface area contributed by atoms with Crippen LogP contribution in [0.3, 0.4) is 0 Å². The minimum atomic E-state index is -0.116. The van der Waals surface area contributed by atoms with E-state index in [1.165, 1.54) is 146 Å². The van der Waals surface area contributed by atoms with Gasteiger partial charge in [-0.25, -0.2) is 0 Å². The van der Waals surface area contributed by atoms with Gasteiger partial charge in [0.15, 0.2) is 0 Å². The lowest BCUT2D eigenvalue weighted by atomic mass is 9.34. The number of fused-ring (bicyclic) bond motifs is 11. The standard InChI is InChI=1S/C92H69BN2S2/c1-91(2,3)70-42-47-80-75(55-70)76-56-71(92(4,5)6)43-48-81(76)94(80)72-44-49-84-77(57-72)87-85(96-84)50-45-78-90(87)97-86-54-69(61-27-17-10-18-28-61)53-83-88(86)93(78)79-52-68(67-30-19-29-66(51-67)60-25-15-9-16-26-60)41-46-82(79)95(83)89-73(64-37-33-62(34-38-64)58-21-11-7-12-22-58)31-20-32-74(89)65-39-35-63(36-40-65)59-23-13-8-14-24-59/h7-57H,1-6H3. The number of benzene rings is 14. The molecule has 0 radical (unpaired) electrons. The molecule has 0 aliphatic carbocycles. The van der Waals surface area contributed by atoms with Crippen LogP contribution in [0, 0.1) is 0 Å². The van der Waals surface area contributed by atoms with E-state index in [0.29, 0.717) is 0 Å². The molecule has 0 fully saturated rings. The van der Waals surface area contributed by atoms with Gasteiger partial charge < -0.3 is 9.47 Å². The fourth-order valence-electron chi connectivity index (χ4n) is 15.4. The van der Waals surface area contributed by atoms with Gasteiger partial charge >= 0.3 is 0 Å². The molecule has 462 valence electrons. The van der Waals surface area contributed by atoms with Gasteiger partial charge in [0.25, 0.3) is 0 Å². The molecule has 0 N–H and O–H groups in total. The van der Waals surface area contributed by atoms with Crippen LogP contribution in [-0.4, -0.2) is 11.3 Å². The summed E-state index contributed by atoms with van der Waals surface area (Å²) in [7, 11) is 0. The molecule has 0 bridgehead atoms. The highest BCUT2D eigenvalue weighted by Crippen LogP contribution is 2.53. The Balaban J connectivity index is 0.896. The average Bonchev–Trinajstić information content (AvgIpc) is 1.55. The van der Waals surface area contributed by atoms with E-state index in [-0.39, 0.29) is 17.5 Å². The maximum Gasteiger partial charge on any atom is 0.249 e. The molecule has 2 aliphatic rings. The molecule has 2 aromatic heterocycles. The molecule has 4 heterocycles. The second kappa shape index (κ2) is 23.0. The van der Waals surface area contributed by atoms with Crippen LogP contribution in [0.5, 0.6) is 0 Å². The van der Waals surface area contributed by atoms with Gasteiger partial charge in [-0.3, -0.25) is 0 Å². The van der Waals surface area contributed by atoms with Crippen LogP contribution >= 0.6 is 23.1 Å². The smallest absolute Gasteiger partial charge is 0.249 e. The van der Waals surface area contributed by atoms with Gasteiger partial charge in [0.2, 0.25) is 6.71 Å². The molecule has 0 spiro atoms. The highest BCUT2D eigenvalue weighted by Gasteiger charge is 2.43. The van der Waals surface area contributed by atoms with Crippen LogP contribution in [0.15, 0.2) is 319 Å². The van der Waals surface area contributed by atoms with E-state index in [0.717, 1.165) is 33.6 Å². The third-order valence-electron chi connectivity index (χ3n) is 20.4. The summed E-state index contributed by atoms with van der Waals surface area (Å²) < 4.78 is 5.12. The third kappa shape index (κ3) is 10.1. The van der Waals surface area contributed by atoms with Crippen molar-refractivity contribution in [3.63, 3.8) is 0 Å². The lowest BCUT2D eigenvalue weighted by Gasteiger charge is -2.42. The number of hydrogen-bond donors (Lipinski definition) is 0. The Bertz CT molecular complexity index is 5610. The van der Waals surface area contributed by atoms with Crippen LogP contribution in [0.2, 0.25) is 0 Å². The van der Waals surface area contributed by atoms with Crippen molar-refractivity contribution in [3.8, 4) is 83.6 Å². The first-order valence-corrected chi connectivity index (χ1v) is 35.5. The number of hydrogen-bond acceptors (Lipinski definition) is 3. The van der Waals surface area contributed by atoms with Crippen molar-refractivity contribution in [1.82, 2.24) is 4.57 Å². The quantitative estimate of drug-likeness (QED) is 0.133. The molecule has 2 nitrogen and oxygen atoms in total. The van der Waals surface area contributed by atoms with Gasteiger partial charge in [0, 0.05) is 68.9 Å². The molecule has 97 heavy (non-hydrogen) atoms. The van der Waals surface area contributed by atoms with E-state index in [1.807, 2.05) is 23.1 Å². The van der Waals surface area contributed by atoms with Crippen LogP contribution in [0.25, 0.3) is 126 Å². The van der Waals surface area contributed by atoms with Crippen molar-refractivity contribution in [1.29, 1.82) is 0 Å².